The van der Waals surface area contributed by atoms with Crippen LogP contribution in [0.5, 0.6) is 0 Å². The molecule has 1 aromatic heterocycles. The average molecular weight is 489 g/mol. The lowest BCUT2D eigenvalue weighted by molar-refractivity contribution is -0.137. The number of benzene rings is 1. The Morgan fingerprint density at radius 3 is 2.63 bits per heavy atom. The van der Waals surface area contributed by atoms with E-state index in [0.717, 1.165) is 0 Å². The van der Waals surface area contributed by atoms with E-state index in [9.17, 15) is 27.6 Å². The van der Waals surface area contributed by atoms with E-state index in [1.165, 1.54) is 23.2 Å². The summed E-state index contributed by atoms with van der Waals surface area (Å²) in [5.74, 6) is -3.32. The fraction of sp³-hybridized carbons (Fsp3) is 0.435. The second-order valence-electron chi connectivity index (χ2n) is 8.82. The molecule has 0 spiro atoms. The standard InChI is InChI=1S/C23H23F4N7O/c1-13-11-32(20-14(9-28)10-31-18-3-2-15(24)8-17(18)20)5-4-16(13)21(35)33-6-7-34(19(29)12-33)22(30)23(25,26)27/h2-3,8,10,13,16,29-30H,4-7,11-12H2,1H3. The lowest BCUT2D eigenvalue weighted by Crippen LogP contribution is -2.58. The summed E-state index contributed by atoms with van der Waals surface area (Å²) in [6, 6.07) is 6.29. The van der Waals surface area contributed by atoms with Gasteiger partial charge in [-0.25, -0.2) is 4.39 Å². The van der Waals surface area contributed by atoms with Gasteiger partial charge >= 0.3 is 6.18 Å². The number of rotatable bonds is 2. The number of fused-ring (bicyclic) bond motifs is 1. The number of nitrogens with zero attached hydrogens (tertiary/aromatic N) is 5. The van der Waals surface area contributed by atoms with E-state index in [4.69, 9.17) is 10.8 Å². The number of hydrogen-bond donors (Lipinski definition) is 2. The SMILES string of the molecule is CC1CN(c2c(C#N)cnc3ccc(F)cc23)CCC1C(=O)N1CCN(C(=N)C(F)(F)F)C(=N)C1. The monoisotopic (exact) mass is 489 g/mol. The van der Waals surface area contributed by atoms with Crippen LogP contribution in [0.1, 0.15) is 18.9 Å². The number of nitrogens with one attached hydrogen (secondary N) is 2. The summed E-state index contributed by atoms with van der Waals surface area (Å²) in [6.07, 6.45) is -2.99. The third kappa shape index (κ3) is 4.62. The molecule has 12 heteroatoms. The van der Waals surface area contributed by atoms with Gasteiger partial charge in [0, 0.05) is 43.7 Å². The molecule has 2 saturated heterocycles. The third-order valence-corrected chi connectivity index (χ3v) is 6.57. The van der Waals surface area contributed by atoms with Gasteiger partial charge in [0.15, 0.2) is 0 Å². The van der Waals surface area contributed by atoms with E-state index in [1.807, 2.05) is 11.8 Å². The van der Waals surface area contributed by atoms with E-state index in [2.05, 4.69) is 11.1 Å². The van der Waals surface area contributed by atoms with Crippen molar-refractivity contribution < 1.29 is 22.4 Å². The van der Waals surface area contributed by atoms with Crippen molar-refractivity contribution in [1.29, 1.82) is 16.1 Å². The summed E-state index contributed by atoms with van der Waals surface area (Å²) in [5, 5.41) is 25.3. The fourth-order valence-electron chi connectivity index (χ4n) is 4.81. The summed E-state index contributed by atoms with van der Waals surface area (Å²) >= 11 is 0. The van der Waals surface area contributed by atoms with Crippen LogP contribution in [0.4, 0.5) is 23.2 Å². The van der Waals surface area contributed by atoms with Gasteiger partial charge in [0.25, 0.3) is 0 Å². The molecule has 184 valence electrons. The van der Waals surface area contributed by atoms with Crippen molar-refractivity contribution in [2.45, 2.75) is 19.5 Å². The molecule has 8 nitrogen and oxygen atoms in total. The lowest BCUT2D eigenvalue weighted by atomic mass is 9.85. The maximum atomic E-state index is 14.0. The van der Waals surface area contributed by atoms with Crippen molar-refractivity contribution >= 4 is 34.2 Å². The summed E-state index contributed by atoms with van der Waals surface area (Å²) < 4.78 is 52.6. The Balaban J connectivity index is 1.48. The van der Waals surface area contributed by atoms with Crippen LogP contribution in [0.2, 0.25) is 0 Å². The maximum Gasteiger partial charge on any atom is 0.449 e. The second-order valence-corrected chi connectivity index (χ2v) is 8.82. The molecule has 35 heavy (non-hydrogen) atoms. The molecule has 0 bridgehead atoms. The fourth-order valence-corrected chi connectivity index (χ4v) is 4.81. The first-order valence-corrected chi connectivity index (χ1v) is 11.0. The maximum absolute atomic E-state index is 14.0. The first-order chi connectivity index (χ1) is 16.5. The number of carbonyl (C=O) groups is 1. The number of carbonyl (C=O) groups excluding carboxylic acids is 1. The van der Waals surface area contributed by atoms with Crippen LogP contribution in [0.15, 0.2) is 24.4 Å². The number of hydrogen-bond acceptors (Lipinski definition) is 6. The average Bonchev–Trinajstić information content (AvgIpc) is 2.81. The van der Waals surface area contributed by atoms with Gasteiger partial charge in [0.05, 0.1) is 23.3 Å². The highest BCUT2D eigenvalue weighted by Gasteiger charge is 2.43. The van der Waals surface area contributed by atoms with Crippen molar-refractivity contribution in [3.05, 3.63) is 35.8 Å². The van der Waals surface area contributed by atoms with Gasteiger partial charge in [-0.15, -0.1) is 0 Å². The molecular formula is C23H23F4N7O. The molecule has 1 aromatic carbocycles. The van der Waals surface area contributed by atoms with Crippen LogP contribution in [-0.4, -0.2) is 71.3 Å². The quantitative estimate of drug-likeness (QED) is 0.382. The molecular weight excluding hydrogens is 466 g/mol. The Kier molecular flexibility index (Phi) is 6.36. The minimum Gasteiger partial charge on any atom is -0.370 e. The van der Waals surface area contributed by atoms with Gasteiger partial charge < -0.3 is 14.7 Å². The molecule has 2 aliphatic heterocycles. The van der Waals surface area contributed by atoms with Crippen molar-refractivity contribution in [3.63, 3.8) is 0 Å². The number of alkyl halides is 3. The predicted molar refractivity (Wildman–Crippen MR) is 121 cm³/mol. The van der Waals surface area contributed by atoms with E-state index < -0.39 is 29.6 Å². The highest BCUT2D eigenvalue weighted by atomic mass is 19.4. The molecule has 0 radical (unpaired) electrons. The zero-order valence-electron chi connectivity index (χ0n) is 18.9. The largest absolute Gasteiger partial charge is 0.449 e. The van der Waals surface area contributed by atoms with Gasteiger partial charge in [-0.3, -0.25) is 20.6 Å². The Labute approximate surface area is 198 Å². The smallest absolute Gasteiger partial charge is 0.370 e. The molecule has 1 amide bonds. The predicted octanol–water partition coefficient (Wildman–Crippen LogP) is 3.37. The number of piperazine rings is 1. The zero-order valence-corrected chi connectivity index (χ0v) is 18.9. The highest BCUT2D eigenvalue weighted by molar-refractivity contribution is 6.03. The van der Waals surface area contributed by atoms with Crippen molar-refractivity contribution in [1.82, 2.24) is 14.8 Å². The van der Waals surface area contributed by atoms with Crippen LogP contribution in [-0.2, 0) is 4.79 Å². The van der Waals surface area contributed by atoms with Crippen molar-refractivity contribution in [3.8, 4) is 6.07 Å². The number of aromatic nitrogens is 1. The van der Waals surface area contributed by atoms with E-state index in [1.54, 1.807) is 6.07 Å². The second kappa shape index (κ2) is 9.13. The number of piperidine rings is 1. The van der Waals surface area contributed by atoms with Gasteiger partial charge in [0.2, 0.25) is 11.7 Å². The number of amidine groups is 2. The van der Waals surface area contributed by atoms with Crippen molar-refractivity contribution in [2.24, 2.45) is 11.8 Å². The molecule has 3 heterocycles. The summed E-state index contributed by atoms with van der Waals surface area (Å²) in [7, 11) is 0. The van der Waals surface area contributed by atoms with E-state index in [0.29, 0.717) is 46.6 Å². The van der Waals surface area contributed by atoms with Crippen LogP contribution in [0.25, 0.3) is 10.9 Å². The molecule has 2 atom stereocenters. The molecule has 2 unspecified atom stereocenters. The van der Waals surface area contributed by atoms with Gasteiger partial charge in [-0.05, 0) is 30.5 Å². The Morgan fingerprint density at radius 2 is 2.00 bits per heavy atom. The Hall–Kier alpha value is -3.75. The molecule has 2 aromatic rings. The van der Waals surface area contributed by atoms with Crippen molar-refractivity contribution in [2.75, 3.05) is 37.6 Å². The number of pyridine rings is 1. The van der Waals surface area contributed by atoms with E-state index in [-0.39, 0.29) is 31.5 Å². The summed E-state index contributed by atoms with van der Waals surface area (Å²) in [5.41, 5.74) is 1.42. The van der Waals surface area contributed by atoms with Crippen LogP contribution < -0.4 is 4.90 Å². The van der Waals surface area contributed by atoms with Gasteiger partial charge in [0.1, 0.15) is 17.7 Å². The van der Waals surface area contributed by atoms with Gasteiger partial charge in [-0.1, -0.05) is 6.92 Å². The zero-order chi connectivity index (χ0) is 25.5. The van der Waals surface area contributed by atoms with Crippen LogP contribution >= 0.6 is 0 Å². The lowest BCUT2D eigenvalue weighted by Gasteiger charge is -2.42. The Bertz CT molecular complexity index is 1240. The minimum atomic E-state index is -4.86. The van der Waals surface area contributed by atoms with Crippen LogP contribution in [0.3, 0.4) is 0 Å². The Morgan fingerprint density at radius 1 is 1.26 bits per heavy atom. The number of halogens is 4. The number of nitriles is 1. The molecule has 0 aliphatic carbocycles. The molecule has 2 fully saturated rings. The number of anilines is 1. The van der Waals surface area contributed by atoms with E-state index >= 15 is 0 Å². The molecule has 4 rings (SSSR count). The first-order valence-electron chi connectivity index (χ1n) is 11.0. The summed E-state index contributed by atoms with van der Waals surface area (Å²) in [6.45, 7) is 2.14. The van der Waals surface area contributed by atoms with Gasteiger partial charge in [-0.2, -0.15) is 18.4 Å². The molecule has 2 aliphatic rings. The topological polar surface area (TPSA) is 111 Å². The first kappa shape index (κ1) is 24.4. The third-order valence-electron chi connectivity index (χ3n) is 6.57. The molecule has 2 N–H and O–H groups in total. The normalized spacial score (nSPS) is 21.3. The molecule has 0 saturated carbocycles. The summed E-state index contributed by atoms with van der Waals surface area (Å²) in [4.78, 5) is 21.3. The van der Waals surface area contributed by atoms with Crippen LogP contribution in [0, 0.1) is 39.8 Å². The highest BCUT2D eigenvalue weighted by Crippen LogP contribution is 2.35. The number of amides is 1. The minimum absolute atomic E-state index is 0.0144.